The fraction of sp³-hybridized carbons (Fsp3) is 0.125. The topological polar surface area (TPSA) is 78.1 Å². The van der Waals surface area contributed by atoms with Gasteiger partial charge in [-0.25, -0.2) is 13.4 Å². The van der Waals surface area contributed by atoms with Crippen LogP contribution in [0.3, 0.4) is 0 Å². The molecule has 4 aromatic rings. The molecule has 0 radical (unpaired) electrons. The monoisotopic (exact) mass is 433 g/mol. The van der Waals surface area contributed by atoms with E-state index in [0.717, 1.165) is 5.56 Å². The summed E-state index contributed by atoms with van der Waals surface area (Å²) in [5, 5.41) is 0.675. The number of aryl methyl sites for hydroxylation is 1. The molecule has 0 spiro atoms. The van der Waals surface area contributed by atoms with Gasteiger partial charge in [-0.1, -0.05) is 35.9 Å². The Morgan fingerprint density at radius 3 is 2.39 bits per heavy atom. The number of nitrogens with zero attached hydrogens (tertiary/aromatic N) is 1. The zero-order valence-corrected chi connectivity index (χ0v) is 17.6. The lowest BCUT2D eigenvalue weighted by Gasteiger charge is -2.18. The van der Waals surface area contributed by atoms with Crippen molar-refractivity contribution in [2.75, 3.05) is 13.2 Å². The summed E-state index contributed by atoms with van der Waals surface area (Å²) in [6.45, 7) is 2.84. The van der Waals surface area contributed by atoms with Crippen molar-refractivity contribution in [2.24, 2.45) is 4.99 Å². The third-order valence-electron chi connectivity index (χ3n) is 5.00. The van der Waals surface area contributed by atoms with Crippen LogP contribution in [-0.4, -0.2) is 21.6 Å². The summed E-state index contributed by atoms with van der Waals surface area (Å²) >= 11 is 0. The first-order valence-corrected chi connectivity index (χ1v) is 11.3. The third kappa shape index (κ3) is 3.68. The first kappa shape index (κ1) is 19.4. The zero-order chi connectivity index (χ0) is 21.4. The summed E-state index contributed by atoms with van der Waals surface area (Å²) in [7, 11) is -3.86. The Hall–Kier alpha value is -3.58. The van der Waals surface area contributed by atoms with Crippen LogP contribution in [-0.2, 0) is 9.84 Å². The predicted molar refractivity (Wildman–Crippen MR) is 115 cm³/mol. The summed E-state index contributed by atoms with van der Waals surface area (Å²) in [6.07, 6.45) is 0. The second-order valence-electron chi connectivity index (χ2n) is 7.21. The van der Waals surface area contributed by atoms with Gasteiger partial charge in [0.05, 0.1) is 10.6 Å². The maximum atomic E-state index is 13.5. The van der Waals surface area contributed by atoms with Crippen molar-refractivity contribution in [1.29, 1.82) is 0 Å². The fourth-order valence-corrected chi connectivity index (χ4v) is 4.73. The maximum Gasteiger partial charge on any atom is 0.239 e. The molecule has 31 heavy (non-hydrogen) atoms. The van der Waals surface area contributed by atoms with Crippen LogP contribution in [0, 0.1) is 6.92 Å². The van der Waals surface area contributed by atoms with Crippen molar-refractivity contribution in [3.8, 4) is 11.5 Å². The highest BCUT2D eigenvalue weighted by Crippen LogP contribution is 2.33. The van der Waals surface area contributed by atoms with Gasteiger partial charge in [-0.15, -0.1) is 0 Å². The van der Waals surface area contributed by atoms with Gasteiger partial charge < -0.3 is 13.9 Å². The molecule has 0 bridgehead atoms. The quantitative estimate of drug-likeness (QED) is 0.473. The van der Waals surface area contributed by atoms with E-state index in [1.807, 2.05) is 19.1 Å². The van der Waals surface area contributed by atoms with Crippen LogP contribution in [0.25, 0.3) is 11.0 Å². The molecule has 2 heterocycles. The highest BCUT2D eigenvalue weighted by molar-refractivity contribution is 7.91. The van der Waals surface area contributed by atoms with Gasteiger partial charge in [0.2, 0.25) is 15.4 Å². The number of para-hydroxylation sites is 1. The van der Waals surface area contributed by atoms with Crippen LogP contribution in [0.15, 0.2) is 92.0 Å². The Balaban J connectivity index is 1.74. The van der Waals surface area contributed by atoms with Crippen molar-refractivity contribution in [1.82, 2.24) is 0 Å². The molecule has 3 aromatic carbocycles. The highest BCUT2D eigenvalue weighted by atomic mass is 32.2. The summed E-state index contributed by atoms with van der Waals surface area (Å²) in [5.41, 5.74) is 2.03. The fourth-order valence-electron chi connectivity index (χ4n) is 3.38. The van der Waals surface area contributed by atoms with E-state index < -0.39 is 9.84 Å². The Morgan fingerprint density at radius 1 is 0.839 bits per heavy atom. The lowest BCUT2D eigenvalue weighted by molar-refractivity contribution is 0.171. The number of benzene rings is 3. The van der Waals surface area contributed by atoms with Gasteiger partial charge in [0.1, 0.15) is 23.7 Å². The summed E-state index contributed by atoms with van der Waals surface area (Å²) < 4.78 is 44.1. The van der Waals surface area contributed by atoms with Crippen LogP contribution >= 0.6 is 0 Å². The van der Waals surface area contributed by atoms with E-state index in [2.05, 4.69) is 4.99 Å². The van der Waals surface area contributed by atoms with Gasteiger partial charge in [-0.3, -0.25) is 0 Å². The molecule has 0 aliphatic carbocycles. The van der Waals surface area contributed by atoms with E-state index in [-0.39, 0.29) is 15.3 Å². The zero-order valence-electron chi connectivity index (χ0n) is 16.7. The van der Waals surface area contributed by atoms with Gasteiger partial charge in [0, 0.05) is 11.5 Å². The van der Waals surface area contributed by atoms with Crippen molar-refractivity contribution in [2.45, 2.75) is 16.7 Å². The number of fused-ring (bicyclic) bond motifs is 2. The smallest absolute Gasteiger partial charge is 0.239 e. The van der Waals surface area contributed by atoms with Crippen molar-refractivity contribution in [3.63, 3.8) is 0 Å². The highest BCUT2D eigenvalue weighted by Gasteiger charge is 2.22. The molecule has 1 aromatic heterocycles. The molecule has 0 saturated heterocycles. The number of rotatable bonds is 3. The summed E-state index contributed by atoms with van der Waals surface area (Å²) in [4.78, 5) is 4.71. The van der Waals surface area contributed by atoms with Gasteiger partial charge in [-0.2, -0.15) is 0 Å². The Labute approximate surface area is 179 Å². The molecule has 0 atom stereocenters. The standard InChI is InChI=1S/C24H19NO5S/c1-16-6-9-19(10-7-16)31(26,27)23-14-17-4-2-3-5-20(17)30-24(23)25-18-8-11-21-22(15-18)29-13-12-28-21/h2-11,14-15H,12-13H2,1H3. The first-order chi connectivity index (χ1) is 15.0. The second kappa shape index (κ2) is 7.59. The third-order valence-corrected chi connectivity index (χ3v) is 6.76. The molecular weight excluding hydrogens is 414 g/mol. The minimum atomic E-state index is -3.86. The molecule has 0 unspecified atom stereocenters. The van der Waals surface area contributed by atoms with Crippen molar-refractivity contribution >= 4 is 26.5 Å². The molecule has 6 nitrogen and oxygen atoms in total. The minimum Gasteiger partial charge on any atom is -0.486 e. The number of hydrogen-bond acceptors (Lipinski definition) is 6. The molecule has 0 amide bonds. The SMILES string of the molecule is Cc1ccc(S(=O)(=O)c2cc3ccccc3oc2=Nc2ccc3c(c2)OCCO3)cc1. The molecule has 1 aliphatic heterocycles. The van der Waals surface area contributed by atoms with Gasteiger partial charge in [-0.05, 0) is 43.3 Å². The van der Waals surface area contributed by atoms with Crippen molar-refractivity contribution < 1.29 is 22.3 Å². The molecule has 156 valence electrons. The van der Waals surface area contributed by atoms with Gasteiger partial charge in [0.15, 0.2) is 11.5 Å². The molecular formula is C24H19NO5S. The second-order valence-corrected chi connectivity index (χ2v) is 9.13. The number of ether oxygens (including phenoxy) is 2. The van der Waals surface area contributed by atoms with E-state index in [1.165, 1.54) is 0 Å². The molecule has 0 N–H and O–H groups in total. The molecule has 5 rings (SSSR count). The lowest BCUT2D eigenvalue weighted by Crippen LogP contribution is -2.16. The molecule has 0 saturated carbocycles. The predicted octanol–water partition coefficient (Wildman–Crippen LogP) is 4.58. The van der Waals surface area contributed by atoms with E-state index in [9.17, 15) is 8.42 Å². The largest absolute Gasteiger partial charge is 0.486 e. The maximum absolute atomic E-state index is 13.5. The first-order valence-electron chi connectivity index (χ1n) is 9.80. The van der Waals surface area contributed by atoms with Crippen LogP contribution in [0.4, 0.5) is 5.69 Å². The number of sulfone groups is 1. The van der Waals surface area contributed by atoms with E-state index >= 15 is 0 Å². The molecule has 7 heteroatoms. The normalized spacial score (nSPS) is 14.0. The molecule has 1 aliphatic rings. The Bertz CT molecular complexity index is 1450. The summed E-state index contributed by atoms with van der Waals surface area (Å²) in [6, 6.07) is 20.8. The van der Waals surface area contributed by atoms with E-state index in [0.29, 0.717) is 41.4 Å². The average molecular weight is 433 g/mol. The van der Waals surface area contributed by atoms with Crippen molar-refractivity contribution in [3.05, 3.63) is 83.9 Å². The van der Waals surface area contributed by atoms with E-state index in [1.54, 1.807) is 60.7 Å². The van der Waals surface area contributed by atoms with E-state index in [4.69, 9.17) is 13.9 Å². The van der Waals surface area contributed by atoms with Crippen LogP contribution in [0.1, 0.15) is 5.56 Å². The summed E-state index contributed by atoms with van der Waals surface area (Å²) in [5.74, 6) is 1.20. The van der Waals surface area contributed by atoms with Crippen LogP contribution in [0.5, 0.6) is 11.5 Å². The van der Waals surface area contributed by atoms with Crippen LogP contribution < -0.4 is 15.0 Å². The van der Waals surface area contributed by atoms with Crippen LogP contribution in [0.2, 0.25) is 0 Å². The average Bonchev–Trinajstić information content (AvgIpc) is 2.79. The minimum absolute atomic E-state index is 0.00458. The lowest BCUT2D eigenvalue weighted by atomic mass is 10.2. The van der Waals surface area contributed by atoms with Gasteiger partial charge in [0.25, 0.3) is 0 Å². The van der Waals surface area contributed by atoms with Gasteiger partial charge >= 0.3 is 0 Å². The Kier molecular flexibility index (Phi) is 4.75. The Morgan fingerprint density at radius 2 is 1.58 bits per heavy atom. The molecule has 0 fully saturated rings. The number of hydrogen-bond donors (Lipinski definition) is 0.